The van der Waals surface area contributed by atoms with Crippen LogP contribution in [0, 0.1) is 0 Å². The van der Waals surface area contributed by atoms with Gasteiger partial charge in [-0.15, -0.1) is 0 Å². The number of nitrogens with zero attached hydrogens (tertiary/aromatic N) is 1. The van der Waals surface area contributed by atoms with Gasteiger partial charge in [0.1, 0.15) is 18.9 Å². The molecule has 0 spiro atoms. The Labute approximate surface area is 138 Å². The van der Waals surface area contributed by atoms with Gasteiger partial charge in [-0.3, -0.25) is 15.1 Å². The van der Waals surface area contributed by atoms with Crippen LogP contribution in [0.15, 0.2) is 36.5 Å². The highest BCUT2D eigenvalue weighted by molar-refractivity contribution is 5.88. The van der Waals surface area contributed by atoms with Crippen molar-refractivity contribution in [3.8, 4) is 0 Å². The Morgan fingerprint density at radius 2 is 1.96 bits per heavy atom. The van der Waals surface area contributed by atoms with E-state index < -0.39 is 24.3 Å². The van der Waals surface area contributed by atoms with Crippen molar-refractivity contribution in [2.45, 2.75) is 19.3 Å². The van der Waals surface area contributed by atoms with E-state index in [2.05, 4.69) is 26.8 Å². The zero-order valence-corrected chi connectivity index (χ0v) is 13.0. The number of carbonyl (C=O) groups is 3. The van der Waals surface area contributed by atoms with E-state index in [1.165, 1.54) is 4.90 Å². The van der Waals surface area contributed by atoms with Crippen LogP contribution in [-0.2, 0) is 4.79 Å². The van der Waals surface area contributed by atoms with Crippen molar-refractivity contribution in [1.29, 1.82) is 0 Å². The number of benzene rings is 1. The predicted octanol–water partition coefficient (Wildman–Crippen LogP) is -0.342. The minimum atomic E-state index is -0.572. The summed E-state index contributed by atoms with van der Waals surface area (Å²) in [6.07, 6.45) is 0.572. The molecule has 0 aromatic heterocycles. The van der Waals surface area contributed by atoms with Crippen molar-refractivity contribution in [3.63, 3.8) is 0 Å². The van der Waals surface area contributed by atoms with Crippen molar-refractivity contribution in [2.24, 2.45) is 0 Å². The van der Waals surface area contributed by atoms with Gasteiger partial charge in [0.05, 0.1) is 0 Å². The van der Waals surface area contributed by atoms with Crippen LogP contribution in [0.3, 0.4) is 0 Å². The van der Waals surface area contributed by atoms with Crippen LogP contribution in [0.5, 0.6) is 0 Å². The third-order valence-electron chi connectivity index (χ3n) is 3.80. The Hall–Kier alpha value is -3.23. The van der Waals surface area contributed by atoms with Crippen LogP contribution < -0.4 is 26.8 Å². The number of nitrogens with one attached hydrogen (secondary N) is 5. The fourth-order valence-electron chi connectivity index (χ4n) is 2.57. The van der Waals surface area contributed by atoms with E-state index in [0.29, 0.717) is 0 Å². The Kier molecular flexibility index (Phi) is 4.23. The number of allylic oxidation sites excluding steroid dienone is 1. The fraction of sp³-hybridized carbons (Fsp3) is 0.267. The minimum Gasteiger partial charge on any atom is -0.314 e. The lowest BCUT2D eigenvalue weighted by atomic mass is 10.1. The molecule has 2 aliphatic rings. The molecule has 9 nitrogen and oxygen atoms in total. The van der Waals surface area contributed by atoms with Gasteiger partial charge in [-0.05, 0) is 18.1 Å². The second-order valence-corrected chi connectivity index (χ2v) is 5.50. The first kappa shape index (κ1) is 15.7. The Morgan fingerprint density at radius 1 is 1.21 bits per heavy atom. The highest BCUT2D eigenvalue weighted by atomic mass is 16.2. The van der Waals surface area contributed by atoms with Crippen molar-refractivity contribution in [3.05, 3.63) is 42.1 Å². The molecule has 0 aliphatic carbocycles. The molecule has 2 aliphatic heterocycles. The second-order valence-electron chi connectivity index (χ2n) is 5.50. The molecule has 2 unspecified atom stereocenters. The minimum absolute atomic E-state index is 0.180. The van der Waals surface area contributed by atoms with Crippen LogP contribution in [-0.4, -0.2) is 41.7 Å². The average Bonchev–Trinajstić information content (AvgIpc) is 3.05. The van der Waals surface area contributed by atoms with Gasteiger partial charge in [0.2, 0.25) is 0 Å². The summed E-state index contributed by atoms with van der Waals surface area (Å²) in [5.41, 5.74) is 7.19. The van der Waals surface area contributed by atoms with Crippen molar-refractivity contribution >= 4 is 23.5 Å². The Balaban J connectivity index is 1.51. The highest BCUT2D eigenvalue weighted by Crippen LogP contribution is 2.13. The molecule has 2 heterocycles. The highest BCUT2D eigenvalue weighted by Gasteiger charge is 2.45. The molecule has 1 aromatic carbocycles. The molecule has 1 aromatic rings. The number of urea groups is 2. The van der Waals surface area contributed by atoms with Gasteiger partial charge in [0.15, 0.2) is 0 Å². The van der Waals surface area contributed by atoms with Gasteiger partial charge in [0.25, 0.3) is 5.91 Å². The summed E-state index contributed by atoms with van der Waals surface area (Å²) < 4.78 is 0. The standard InChI is InChI=1S/C15H18N6O3/c1-9(10-5-3-2-4-6-10)7-16-20-11(22)8-21-13-12(18-15(21)24)17-14(23)19-13/h2-7,12-13,16H,8H2,1H3,(H,18,24)(H,20,22)(H2,17,19,23). The quantitative estimate of drug-likeness (QED) is 0.475. The maximum Gasteiger partial charge on any atom is 0.321 e. The van der Waals surface area contributed by atoms with Gasteiger partial charge in [0, 0.05) is 6.20 Å². The fourth-order valence-corrected chi connectivity index (χ4v) is 2.57. The van der Waals surface area contributed by atoms with E-state index in [9.17, 15) is 14.4 Å². The van der Waals surface area contributed by atoms with Crippen molar-refractivity contribution < 1.29 is 14.4 Å². The molecule has 2 fully saturated rings. The van der Waals surface area contributed by atoms with E-state index in [-0.39, 0.29) is 12.6 Å². The van der Waals surface area contributed by atoms with Gasteiger partial charge >= 0.3 is 12.1 Å². The molecular formula is C15H18N6O3. The predicted molar refractivity (Wildman–Crippen MR) is 85.9 cm³/mol. The lowest BCUT2D eigenvalue weighted by molar-refractivity contribution is -0.122. The summed E-state index contributed by atoms with van der Waals surface area (Å²) in [5, 5.41) is 7.70. The van der Waals surface area contributed by atoms with Crippen molar-refractivity contribution in [2.75, 3.05) is 6.54 Å². The monoisotopic (exact) mass is 330 g/mol. The first-order valence-electron chi connectivity index (χ1n) is 7.45. The number of rotatable bonds is 5. The number of carbonyl (C=O) groups excluding carboxylic acids is 3. The molecule has 2 atom stereocenters. The largest absolute Gasteiger partial charge is 0.321 e. The lowest BCUT2D eigenvalue weighted by Gasteiger charge is -2.20. The van der Waals surface area contributed by atoms with Crippen LogP contribution >= 0.6 is 0 Å². The van der Waals surface area contributed by atoms with E-state index >= 15 is 0 Å². The molecule has 5 N–H and O–H groups in total. The summed E-state index contributed by atoms with van der Waals surface area (Å²) in [7, 11) is 0. The van der Waals surface area contributed by atoms with E-state index in [4.69, 9.17) is 0 Å². The SMILES string of the molecule is CC(=CNNC(=O)CN1C(=O)NC2NC(=O)NC21)c1ccccc1. The number of fused-ring (bicyclic) bond motifs is 1. The smallest absolute Gasteiger partial charge is 0.314 e. The van der Waals surface area contributed by atoms with Gasteiger partial charge in [-0.2, -0.15) is 0 Å². The number of amides is 5. The molecule has 0 bridgehead atoms. The van der Waals surface area contributed by atoms with E-state index in [1.54, 1.807) is 6.20 Å². The number of hydrogen-bond donors (Lipinski definition) is 5. The number of hydrazine groups is 1. The Morgan fingerprint density at radius 3 is 2.71 bits per heavy atom. The first-order valence-corrected chi connectivity index (χ1v) is 7.45. The summed E-state index contributed by atoms with van der Waals surface area (Å²) in [6, 6.07) is 8.91. The molecule has 5 amide bonds. The molecule has 3 rings (SSSR count). The lowest BCUT2D eigenvalue weighted by Crippen LogP contribution is -2.49. The normalized spacial score (nSPS) is 22.4. The molecule has 9 heteroatoms. The van der Waals surface area contributed by atoms with Gasteiger partial charge in [-0.1, -0.05) is 30.3 Å². The molecule has 0 radical (unpaired) electrons. The van der Waals surface area contributed by atoms with Crippen LogP contribution in [0.1, 0.15) is 12.5 Å². The first-order chi connectivity index (χ1) is 11.5. The summed E-state index contributed by atoms with van der Waals surface area (Å²) in [5.74, 6) is -0.399. The molecule has 0 saturated carbocycles. The maximum atomic E-state index is 12.0. The zero-order chi connectivity index (χ0) is 17.1. The molecule has 2 saturated heterocycles. The number of hydrogen-bond acceptors (Lipinski definition) is 4. The van der Waals surface area contributed by atoms with E-state index in [0.717, 1.165) is 11.1 Å². The summed E-state index contributed by atoms with van der Waals surface area (Å²) in [4.78, 5) is 36.3. The summed E-state index contributed by atoms with van der Waals surface area (Å²) >= 11 is 0. The van der Waals surface area contributed by atoms with E-state index in [1.807, 2.05) is 37.3 Å². The second kappa shape index (κ2) is 6.49. The van der Waals surface area contributed by atoms with Gasteiger partial charge in [-0.25, -0.2) is 9.59 Å². The third-order valence-corrected chi connectivity index (χ3v) is 3.80. The molecular weight excluding hydrogens is 312 g/mol. The maximum absolute atomic E-state index is 12.0. The topological polar surface area (TPSA) is 115 Å². The zero-order valence-electron chi connectivity index (χ0n) is 13.0. The summed E-state index contributed by atoms with van der Waals surface area (Å²) in [6.45, 7) is 1.73. The van der Waals surface area contributed by atoms with Crippen LogP contribution in [0.4, 0.5) is 9.59 Å². The van der Waals surface area contributed by atoms with Crippen LogP contribution in [0.2, 0.25) is 0 Å². The average molecular weight is 330 g/mol. The third kappa shape index (κ3) is 3.24. The molecule has 24 heavy (non-hydrogen) atoms. The van der Waals surface area contributed by atoms with Crippen molar-refractivity contribution in [1.82, 2.24) is 31.7 Å². The van der Waals surface area contributed by atoms with Crippen LogP contribution in [0.25, 0.3) is 5.57 Å². The van der Waals surface area contributed by atoms with Gasteiger partial charge < -0.3 is 21.4 Å². The Bertz CT molecular complexity index is 690. The molecule has 126 valence electrons.